The molecule has 0 aliphatic carbocycles. The number of aliphatic hydroxyl groups excluding tert-OH is 1. The molecule has 1 heterocycles. The number of carbonyl (C=O) groups is 1. The average molecular weight is 254 g/mol. The minimum atomic E-state index is -0.643. The summed E-state index contributed by atoms with van der Waals surface area (Å²) in [7, 11) is 0. The van der Waals surface area contributed by atoms with Crippen LogP contribution in [-0.4, -0.2) is 40.2 Å². The van der Waals surface area contributed by atoms with Crippen molar-refractivity contribution in [2.45, 2.75) is 32.3 Å². The maximum Gasteiger partial charge on any atom is 0.220 e. The number of H-pyrrole nitrogens is 1. The first-order chi connectivity index (χ1) is 8.59. The Morgan fingerprint density at radius 1 is 1.61 bits per heavy atom. The number of nitrogens with zero attached hydrogens (tertiary/aromatic N) is 1. The molecule has 5 N–H and O–H groups in total. The molecule has 0 unspecified atom stereocenters. The van der Waals surface area contributed by atoms with Crippen molar-refractivity contribution in [1.29, 1.82) is 0 Å². The summed E-state index contributed by atoms with van der Waals surface area (Å²) in [5.74, 6) is -0.392. The lowest BCUT2D eigenvalue weighted by molar-refractivity contribution is -0.120. The zero-order valence-electron chi connectivity index (χ0n) is 10.7. The highest BCUT2D eigenvalue weighted by Gasteiger charge is 2.15. The van der Waals surface area contributed by atoms with E-state index >= 15 is 0 Å². The molecule has 0 aliphatic rings. The van der Waals surface area contributed by atoms with E-state index in [-0.39, 0.29) is 12.3 Å². The van der Waals surface area contributed by atoms with Gasteiger partial charge in [0.2, 0.25) is 5.91 Å². The molecule has 0 radical (unpaired) electrons. The van der Waals surface area contributed by atoms with Crippen LogP contribution in [0.5, 0.6) is 0 Å². The molecule has 2 atom stereocenters. The van der Waals surface area contributed by atoms with E-state index in [9.17, 15) is 9.90 Å². The maximum atomic E-state index is 10.7. The van der Waals surface area contributed by atoms with Crippen LogP contribution in [0.2, 0.25) is 0 Å². The van der Waals surface area contributed by atoms with Crippen LogP contribution in [0.15, 0.2) is 12.5 Å². The Morgan fingerprint density at radius 2 is 2.39 bits per heavy atom. The van der Waals surface area contributed by atoms with E-state index in [1.54, 1.807) is 6.33 Å². The van der Waals surface area contributed by atoms with E-state index in [1.807, 2.05) is 13.1 Å². The number of imidazole rings is 1. The first-order valence-electron chi connectivity index (χ1n) is 6.24. The molecule has 0 bridgehead atoms. The number of aliphatic hydroxyl groups is 1. The Hall–Kier alpha value is -1.40. The maximum absolute atomic E-state index is 10.7. The molecule has 18 heavy (non-hydrogen) atoms. The number of primary amides is 1. The standard InChI is InChI=1S/C12H22N4O2/c1-9(11(17)6-12(13)18)2-4-14-5-3-10-7-15-8-16-10/h7-9,11,14,17H,2-6H2,1H3,(H2,13,18)(H,15,16)/t9-,11+/m1/s1. The molecule has 6 heteroatoms. The van der Waals surface area contributed by atoms with Gasteiger partial charge in [-0.2, -0.15) is 0 Å². The van der Waals surface area contributed by atoms with E-state index in [0.29, 0.717) is 0 Å². The third kappa shape index (κ3) is 5.79. The number of aromatic nitrogens is 2. The monoisotopic (exact) mass is 254 g/mol. The molecule has 0 aliphatic heterocycles. The highest BCUT2D eigenvalue weighted by Crippen LogP contribution is 2.10. The van der Waals surface area contributed by atoms with Gasteiger partial charge >= 0.3 is 0 Å². The first kappa shape index (κ1) is 14.7. The molecular weight excluding hydrogens is 232 g/mol. The number of hydrogen-bond acceptors (Lipinski definition) is 4. The Labute approximate surface area is 107 Å². The van der Waals surface area contributed by atoms with E-state index in [2.05, 4.69) is 15.3 Å². The van der Waals surface area contributed by atoms with Crippen molar-refractivity contribution < 1.29 is 9.90 Å². The van der Waals surface area contributed by atoms with Crippen LogP contribution >= 0.6 is 0 Å². The van der Waals surface area contributed by atoms with E-state index < -0.39 is 12.0 Å². The fraction of sp³-hybridized carbons (Fsp3) is 0.667. The van der Waals surface area contributed by atoms with Gasteiger partial charge in [-0.3, -0.25) is 4.79 Å². The van der Waals surface area contributed by atoms with Crippen molar-refractivity contribution in [3.8, 4) is 0 Å². The lowest BCUT2D eigenvalue weighted by Crippen LogP contribution is -2.28. The summed E-state index contributed by atoms with van der Waals surface area (Å²) in [6.07, 6.45) is 4.62. The summed E-state index contributed by atoms with van der Waals surface area (Å²) in [6.45, 7) is 3.58. The Morgan fingerprint density at radius 3 is 3.00 bits per heavy atom. The third-order valence-electron chi connectivity index (χ3n) is 2.96. The van der Waals surface area contributed by atoms with Gasteiger partial charge in [-0.1, -0.05) is 6.92 Å². The quantitative estimate of drug-likeness (QED) is 0.458. The molecule has 0 spiro atoms. The third-order valence-corrected chi connectivity index (χ3v) is 2.96. The highest BCUT2D eigenvalue weighted by molar-refractivity contribution is 5.74. The van der Waals surface area contributed by atoms with Crippen molar-refractivity contribution >= 4 is 5.91 Å². The molecule has 0 aromatic carbocycles. The summed E-state index contributed by atoms with van der Waals surface area (Å²) in [4.78, 5) is 17.7. The molecule has 0 saturated carbocycles. The van der Waals surface area contributed by atoms with Gasteiger partial charge in [0.1, 0.15) is 0 Å². The van der Waals surface area contributed by atoms with Crippen molar-refractivity contribution in [2.24, 2.45) is 11.7 Å². The molecule has 0 saturated heterocycles. The van der Waals surface area contributed by atoms with Gasteiger partial charge in [-0.15, -0.1) is 0 Å². The number of amides is 1. The minimum absolute atomic E-state index is 0.0361. The van der Waals surface area contributed by atoms with Crippen LogP contribution in [0.4, 0.5) is 0 Å². The summed E-state index contributed by atoms with van der Waals surface area (Å²) >= 11 is 0. The molecular formula is C12H22N4O2. The van der Waals surface area contributed by atoms with Crippen LogP contribution in [0.1, 0.15) is 25.5 Å². The minimum Gasteiger partial charge on any atom is -0.392 e. The molecule has 0 fully saturated rings. The second-order valence-corrected chi connectivity index (χ2v) is 4.56. The number of carbonyl (C=O) groups excluding carboxylic acids is 1. The Balaban J connectivity index is 2.04. The topological polar surface area (TPSA) is 104 Å². The number of aromatic amines is 1. The molecule has 6 nitrogen and oxygen atoms in total. The van der Waals surface area contributed by atoms with Gasteiger partial charge in [0.15, 0.2) is 0 Å². The summed E-state index contributed by atoms with van der Waals surface area (Å²) in [6, 6.07) is 0. The fourth-order valence-corrected chi connectivity index (χ4v) is 1.70. The number of nitrogens with two attached hydrogens (primary N) is 1. The van der Waals surface area contributed by atoms with Crippen molar-refractivity contribution in [2.75, 3.05) is 13.1 Å². The van der Waals surface area contributed by atoms with Gasteiger partial charge in [-0.05, 0) is 18.9 Å². The lowest BCUT2D eigenvalue weighted by Gasteiger charge is -2.17. The van der Waals surface area contributed by atoms with E-state index in [4.69, 9.17) is 5.73 Å². The SMILES string of the molecule is C[C@H](CCNCCc1c[nH]cn1)[C@@H](O)CC(N)=O. The summed E-state index contributed by atoms with van der Waals surface area (Å²) < 4.78 is 0. The van der Waals surface area contributed by atoms with E-state index in [0.717, 1.165) is 31.6 Å². The van der Waals surface area contributed by atoms with Crippen LogP contribution in [0.25, 0.3) is 0 Å². The van der Waals surface area contributed by atoms with Gasteiger partial charge in [0.25, 0.3) is 0 Å². The predicted octanol–water partition coefficient (Wildman–Crippen LogP) is -0.196. The molecule has 102 valence electrons. The first-order valence-corrected chi connectivity index (χ1v) is 6.24. The van der Waals surface area contributed by atoms with Gasteiger partial charge < -0.3 is 21.1 Å². The average Bonchev–Trinajstić information content (AvgIpc) is 2.80. The normalized spacial score (nSPS) is 14.3. The summed E-state index contributed by atoms with van der Waals surface area (Å²) in [5.41, 5.74) is 6.07. The molecule has 1 amide bonds. The number of hydrogen-bond donors (Lipinski definition) is 4. The van der Waals surface area contributed by atoms with Gasteiger partial charge in [0.05, 0.1) is 24.5 Å². The predicted molar refractivity (Wildman–Crippen MR) is 68.8 cm³/mol. The molecule has 1 aromatic rings. The number of rotatable bonds is 9. The van der Waals surface area contributed by atoms with Crippen molar-refractivity contribution in [3.05, 3.63) is 18.2 Å². The molecule has 1 aromatic heterocycles. The van der Waals surface area contributed by atoms with E-state index in [1.165, 1.54) is 0 Å². The summed E-state index contributed by atoms with van der Waals surface area (Å²) in [5, 5.41) is 12.9. The van der Waals surface area contributed by atoms with Gasteiger partial charge in [0, 0.05) is 19.2 Å². The Bertz CT molecular complexity index is 340. The van der Waals surface area contributed by atoms with Crippen LogP contribution in [0.3, 0.4) is 0 Å². The van der Waals surface area contributed by atoms with Crippen LogP contribution in [-0.2, 0) is 11.2 Å². The zero-order valence-corrected chi connectivity index (χ0v) is 10.7. The fourth-order valence-electron chi connectivity index (χ4n) is 1.70. The van der Waals surface area contributed by atoms with Crippen molar-refractivity contribution in [3.63, 3.8) is 0 Å². The second-order valence-electron chi connectivity index (χ2n) is 4.56. The lowest BCUT2D eigenvalue weighted by atomic mass is 9.98. The highest BCUT2D eigenvalue weighted by atomic mass is 16.3. The number of nitrogens with one attached hydrogen (secondary N) is 2. The Kier molecular flexibility index (Phi) is 6.38. The van der Waals surface area contributed by atoms with Gasteiger partial charge in [-0.25, -0.2) is 4.98 Å². The van der Waals surface area contributed by atoms with Crippen molar-refractivity contribution in [1.82, 2.24) is 15.3 Å². The van der Waals surface area contributed by atoms with Crippen LogP contribution in [0, 0.1) is 5.92 Å². The molecule has 1 rings (SSSR count). The zero-order chi connectivity index (χ0) is 13.4. The van der Waals surface area contributed by atoms with Crippen LogP contribution < -0.4 is 11.1 Å². The smallest absolute Gasteiger partial charge is 0.220 e. The largest absolute Gasteiger partial charge is 0.392 e. The second kappa shape index (κ2) is 7.84.